The Morgan fingerprint density at radius 1 is 1.67 bits per heavy atom. The van der Waals surface area contributed by atoms with Gasteiger partial charge in [0.1, 0.15) is 5.82 Å². The molecule has 0 fully saturated rings. The second-order valence-electron chi connectivity index (χ2n) is 3.46. The molecule has 4 nitrogen and oxygen atoms in total. The lowest BCUT2D eigenvalue weighted by Gasteiger charge is -2.16. The molecule has 0 aliphatic rings. The SMILES string of the molecule is CNc1ccn(CC(C)(C)O)n1. The Hall–Kier alpha value is -1.03. The number of nitrogens with zero attached hydrogens (tertiary/aromatic N) is 2. The summed E-state index contributed by atoms with van der Waals surface area (Å²) in [7, 11) is 1.82. The van der Waals surface area contributed by atoms with Gasteiger partial charge in [-0.05, 0) is 13.8 Å². The number of anilines is 1. The quantitative estimate of drug-likeness (QED) is 0.700. The van der Waals surface area contributed by atoms with Gasteiger partial charge in [-0.1, -0.05) is 0 Å². The Labute approximate surface area is 72.2 Å². The van der Waals surface area contributed by atoms with E-state index in [4.69, 9.17) is 0 Å². The first-order valence-electron chi connectivity index (χ1n) is 3.95. The summed E-state index contributed by atoms with van der Waals surface area (Å²) in [4.78, 5) is 0. The van der Waals surface area contributed by atoms with Crippen LogP contribution in [-0.2, 0) is 6.54 Å². The molecule has 0 saturated heterocycles. The molecular formula is C8H15N3O. The van der Waals surface area contributed by atoms with Crippen molar-refractivity contribution >= 4 is 5.82 Å². The third kappa shape index (κ3) is 2.54. The lowest BCUT2D eigenvalue weighted by Crippen LogP contribution is -2.26. The van der Waals surface area contributed by atoms with Crippen LogP contribution in [0, 0.1) is 0 Å². The third-order valence-electron chi connectivity index (χ3n) is 1.45. The molecule has 0 saturated carbocycles. The van der Waals surface area contributed by atoms with Gasteiger partial charge >= 0.3 is 0 Å². The molecule has 0 amide bonds. The predicted molar refractivity (Wildman–Crippen MR) is 48.1 cm³/mol. The molecule has 2 N–H and O–H groups in total. The molecule has 68 valence electrons. The highest BCUT2D eigenvalue weighted by Gasteiger charge is 2.13. The lowest BCUT2D eigenvalue weighted by atomic mass is 10.1. The van der Waals surface area contributed by atoms with E-state index < -0.39 is 5.60 Å². The van der Waals surface area contributed by atoms with Crippen LogP contribution in [0.25, 0.3) is 0 Å². The topological polar surface area (TPSA) is 50.1 Å². The van der Waals surface area contributed by atoms with Crippen LogP contribution < -0.4 is 5.32 Å². The van der Waals surface area contributed by atoms with Gasteiger partial charge in [-0.2, -0.15) is 5.10 Å². The maximum atomic E-state index is 9.47. The highest BCUT2D eigenvalue weighted by atomic mass is 16.3. The normalized spacial score (nSPS) is 11.7. The number of hydrogen-bond donors (Lipinski definition) is 2. The van der Waals surface area contributed by atoms with Crippen molar-refractivity contribution in [2.24, 2.45) is 0 Å². The Morgan fingerprint density at radius 3 is 2.75 bits per heavy atom. The smallest absolute Gasteiger partial charge is 0.147 e. The van der Waals surface area contributed by atoms with Crippen LogP contribution in [0.2, 0.25) is 0 Å². The molecule has 1 aromatic heterocycles. The minimum Gasteiger partial charge on any atom is -0.389 e. The van der Waals surface area contributed by atoms with E-state index in [0.29, 0.717) is 6.54 Å². The molecule has 12 heavy (non-hydrogen) atoms. The molecular weight excluding hydrogens is 154 g/mol. The van der Waals surface area contributed by atoms with E-state index in [1.54, 1.807) is 18.5 Å². The zero-order valence-corrected chi connectivity index (χ0v) is 7.70. The molecule has 0 spiro atoms. The van der Waals surface area contributed by atoms with Crippen LogP contribution in [0.1, 0.15) is 13.8 Å². The average Bonchev–Trinajstić information content (AvgIpc) is 2.32. The number of hydrogen-bond acceptors (Lipinski definition) is 3. The van der Waals surface area contributed by atoms with Gasteiger partial charge < -0.3 is 10.4 Å². The van der Waals surface area contributed by atoms with E-state index in [2.05, 4.69) is 10.4 Å². The fourth-order valence-electron chi connectivity index (χ4n) is 0.980. The average molecular weight is 169 g/mol. The largest absolute Gasteiger partial charge is 0.389 e. The highest BCUT2D eigenvalue weighted by molar-refractivity contribution is 5.30. The molecule has 1 aromatic rings. The highest BCUT2D eigenvalue weighted by Crippen LogP contribution is 2.07. The van der Waals surface area contributed by atoms with E-state index in [-0.39, 0.29) is 0 Å². The molecule has 1 heterocycles. The van der Waals surface area contributed by atoms with Crippen LogP contribution in [-0.4, -0.2) is 27.5 Å². The Bertz CT molecular complexity index is 249. The second-order valence-corrected chi connectivity index (χ2v) is 3.46. The first kappa shape index (κ1) is 9.06. The fraction of sp³-hybridized carbons (Fsp3) is 0.625. The summed E-state index contributed by atoms with van der Waals surface area (Å²) in [6.45, 7) is 4.02. The minimum absolute atomic E-state index is 0.509. The van der Waals surface area contributed by atoms with Crippen LogP contribution in [0.15, 0.2) is 12.3 Å². The first-order chi connectivity index (χ1) is 5.51. The van der Waals surface area contributed by atoms with Crippen molar-refractivity contribution in [1.29, 1.82) is 0 Å². The number of rotatable bonds is 3. The summed E-state index contributed by atoms with van der Waals surface area (Å²) < 4.78 is 1.71. The van der Waals surface area contributed by atoms with E-state index in [9.17, 15) is 5.11 Å². The molecule has 0 aliphatic carbocycles. The maximum Gasteiger partial charge on any atom is 0.147 e. The van der Waals surface area contributed by atoms with E-state index in [0.717, 1.165) is 5.82 Å². The van der Waals surface area contributed by atoms with Crippen LogP contribution in [0.5, 0.6) is 0 Å². The molecule has 0 aromatic carbocycles. The van der Waals surface area contributed by atoms with Crippen molar-refractivity contribution < 1.29 is 5.11 Å². The zero-order chi connectivity index (χ0) is 9.19. The monoisotopic (exact) mass is 169 g/mol. The molecule has 0 aliphatic heterocycles. The molecule has 0 bridgehead atoms. The van der Waals surface area contributed by atoms with Crippen molar-refractivity contribution in [2.45, 2.75) is 26.0 Å². The maximum absolute atomic E-state index is 9.47. The minimum atomic E-state index is -0.711. The van der Waals surface area contributed by atoms with Crippen molar-refractivity contribution in [1.82, 2.24) is 9.78 Å². The van der Waals surface area contributed by atoms with Crippen molar-refractivity contribution in [2.75, 3.05) is 12.4 Å². The van der Waals surface area contributed by atoms with Crippen LogP contribution in [0.3, 0.4) is 0 Å². The summed E-state index contributed by atoms with van der Waals surface area (Å²) in [5.74, 6) is 0.819. The number of nitrogens with one attached hydrogen (secondary N) is 1. The Morgan fingerprint density at radius 2 is 2.33 bits per heavy atom. The summed E-state index contributed by atoms with van der Waals surface area (Å²) in [6.07, 6.45) is 1.84. The number of aliphatic hydroxyl groups is 1. The lowest BCUT2D eigenvalue weighted by molar-refractivity contribution is 0.0578. The molecule has 0 radical (unpaired) electrons. The third-order valence-corrected chi connectivity index (χ3v) is 1.45. The standard InChI is InChI=1S/C8H15N3O/c1-8(2,12)6-11-5-4-7(9-3)10-11/h4-5,12H,6H2,1-3H3,(H,9,10). The predicted octanol–water partition coefficient (Wildman–Crippen LogP) is 0.696. The zero-order valence-electron chi connectivity index (χ0n) is 7.70. The first-order valence-corrected chi connectivity index (χ1v) is 3.95. The van der Waals surface area contributed by atoms with Gasteiger partial charge in [-0.15, -0.1) is 0 Å². The van der Waals surface area contributed by atoms with Gasteiger partial charge in [0, 0.05) is 19.3 Å². The summed E-state index contributed by atoms with van der Waals surface area (Å²) in [6, 6.07) is 1.87. The van der Waals surface area contributed by atoms with Crippen molar-refractivity contribution in [3.8, 4) is 0 Å². The van der Waals surface area contributed by atoms with Gasteiger partial charge in [0.2, 0.25) is 0 Å². The van der Waals surface area contributed by atoms with E-state index >= 15 is 0 Å². The van der Waals surface area contributed by atoms with E-state index in [1.165, 1.54) is 0 Å². The molecule has 0 atom stereocenters. The summed E-state index contributed by atoms with van der Waals surface area (Å²) in [5, 5.41) is 16.6. The fourth-order valence-corrected chi connectivity index (χ4v) is 0.980. The van der Waals surface area contributed by atoms with Gasteiger partial charge in [0.05, 0.1) is 12.1 Å². The molecule has 0 unspecified atom stereocenters. The van der Waals surface area contributed by atoms with E-state index in [1.807, 2.05) is 19.3 Å². The molecule has 1 rings (SSSR count). The molecule has 4 heteroatoms. The van der Waals surface area contributed by atoms with Crippen LogP contribution in [0.4, 0.5) is 5.82 Å². The summed E-state index contributed by atoms with van der Waals surface area (Å²) in [5.41, 5.74) is -0.711. The van der Waals surface area contributed by atoms with Gasteiger partial charge in [0.25, 0.3) is 0 Å². The van der Waals surface area contributed by atoms with Crippen LogP contribution >= 0.6 is 0 Å². The van der Waals surface area contributed by atoms with Crippen molar-refractivity contribution in [3.05, 3.63) is 12.3 Å². The number of aromatic nitrogens is 2. The summed E-state index contributed by atoms with van der Waals surface area (Å²) >= 11 is 0. The van der Waals surface area contributed by atoms with Crippen molar-refractivity contribution in [3.63, 3.8) is 0 Å². The van der Waals surface area contributed by atoms with Gasteiger partial charge in [-0.25, -0.2) is 0 Å². The Balaban J connectivity index is 2.64. The van der Waals surface area contributed by atoms with Gasteiger partial charge in [0.15, 0.2) is 0 Å². The Kier molecular flexibility index (Phi) is 2.38. The van der Waals surface area contributed by atoms with Gasteiger partial charge in [-0.3, -0.25) is 4.68 Å². The second kappa shape index (κ2) is 3.15.